The van der Waals surface area contributed by atoms with Crippen LogP contribution in [0.3, 0.4) is 0 Å². The summed E-state index contributed by atoms with van der Waals surface area (Å²) in [5.41, 5.74) is -0.610. The number of hydrogen-bond donors (Lipinski definition) is 2. The van der Waals surface area contributed by atoms with Crippen molar-refractivity contribution >= 4 is 29.2 Å². The van der Waals surface area contributed by atoms with Crippen LogP contribution in [0.25, 0.3) is 0 Å². The molecule has 0 aromatic carbocycles. The van der Waals surface area contributed by atoms with Gasteiger partial charge in [0.15, 0.2) is 0 Å². The van der Waals surface area contributed by atoms with Crippen molar-refractivity contribution in [3.63, 3.8) is 0 Å². The van der Waals surface area contributed by atoms with Crippen LogP contribution in [0.4, 0.5) is 4.79 Å². The number of urea groups is 1. The Balaban J connectivity index is 1.21. The van der Waals surface area contributed by atoms with Crippen molar-refractivity contribution in [1.29, 1.82) is 0 Å². The maximum atomic E-state index is 13.1. The van der Waals surface area contributed by atoms with Crippen LogP contribution in [0.5, 0.6) is 0 Å². The number of hydrogen-bond acceptors (Lipinski definition) is 5. The Labute approximate surface area is 201 Å². The summed E-state index contributed by atoms with van der Waals surface area (Å²) in [5.74, 6) is 0.509. The molecule has 7 nitrogen and oxygen atoms in total. The van der Waals surface area contributed by atoms with Gasteiger partial charge in [-0.3, -0.25) is 19.4 Å². The fraction of sp³-hybridized carbons (Fsp3) is 0.720. The third-order valence-corrected chi connectivity index (χ3v) is 8.73. The first-order valence-corrected chi connectivity index (χ1v) is 13.2. The molecule has 33 heavy (non-hydrogen) atoms. The quantitative estimate of drug-likeness (QED) is 0.617. The summed E-state index contributed by atoms with van der Waals surface area (Å²) in [5, 5.41) is 8.01. The van der Waals surface area contributed by atoms with Crippen LogP contribution >= 0.6 is 11.3 Å². The van der Waals surface area contributed by atoms with Crippen molar-refractivity contribution in [3.8, 4) is 0 Å². The molecule has 0 bridgehead atoms. The molecule has 4 rings (SSSR count). The zero-order valence-corrected chi connectivity index (χ0v) is 21.0. The van der Waals surface area contributed by atoms with E-state index in [1.807, 2.05) is 0 Å². The largest absolute Gasteiger partial charge is 0.354 e. The maximum Gasteiger partial charge on any atom is 0.325 e. The summed E-state index contributed by atoms with van der Waals surface area (Å²) in [6.45, 7) is 10.2. The number of nitrogens with zero attached hydrogens (tertiary/aromatic N) is 2. The number of nitrogens with one attached hydrogen (secondary N) is 2. The molecule has 1 aromatic heterocycles. The van der Waals surface area contributed by atoms with E-state index in [0.717, 1.165) is 50.2 Å². The van der Waals surface area contributed by atoms with Gasteiger partial charge >= 0.3 is 6.03 Å². The molecule has 3 heterocycles. The highest BCUT2D eigenvalue weighted by molar-refractivity contribution is 7.09. The molecule has 8 heteroatoms. The maximum absolute atomic E-state index is 13.1. The fourth-order valence-electron chi connectivity index (χ4n) is 5.56. The standard InChI is InChI=1S/C25H38N4O3S/c1-24(2,3)19-6-10-25(11-7-19)22(31)29(23(32)27-25)17-21(30)26-15-18-8-12-28(13-9-18)16-20-5-4-14-33-20/h4-5,14,18-19H,6-13,15-17H2,1-3H3,(H,26,30)(H,27,32). The average Bonchev–Trinajstić information content (AvgIpc) is 3.36. The normalized spacial score (nSPS) is 27.2. The number of carbonyl (C=O) groups excluding carboxylic acids is 3. The molecule has 3 fully saturated rings. The number of likely N-dealkylation sites (tertiary alicyclic amines) is 1. The SMILES string of the molecule is CC(C)(C)C1CCC2(CC1)NC(=O)N(CC(=O)NCC1CCN(Cc3cccs3)CC1)C2=O. The van der Waals surface area contributed by atoms with Crippen molar-refractivity contribution < 1.29 is 14.4 Å². The predicted molar refractivity (Wildman–Crippen MR) is 130 cm³/mol. The summed E-state index contributed by atoms with van der Waals surface area (Å²) in [6.07, 6.45) is 5.24. The van der Waals surface area contributed by atoms with Crippen LogP contribution in [0.15, 0.2) is 17.5 Å². The summed E-state index contributed by atoms with van der Waals surface area (Å²) in [6, 6.07) is 3.84. The van der Waals surface area contributed by atoms with Crippen molar-refractivity contribution in [3.05, 3.63) is 22.4 Å². The second kappa shape index (κ2) is 9.74. The van der Waals surface area contributed by atoms with Crippen LogP contribution in [-0.4, -0.2) is 59.4 Å². The molecule has 182 valence electrons. The lowest BCUT2D eigenvalue weighted by molar-refractivity contribution is -0.136. The zero-order valence-electron chi connectivity index (χ0n) is 20.2. The Morgan fingerprint density at radius 3 is 2.48 bits per heavy atom. The third-order valence-electron chi connectivity index (χ3n) is 7.87. The fourth-order valence-corrected chi connectivity index (χ4v) is 6.31. The summed E-state index contributed by atoms with van der Waals surface area (Å²) < 4.78 is 0. The van der Waals surface area contributed by atoms with Gasteiger partial charge in [-0.25, -0.2) is 4.79 Å². The van der Waals surface area contributed by atoms with E-state index in [0.29, 0.717) is 31.2 Å². The van der Waals surface area contributed by atoms with E-state index in [4.69, 9.17) is 0 Å². The Morgan fingerprint density at radius 1 is 1.18 bits per heavy atom. The molecule has 2 saturated heterocycles. The van der Waals surface area contributed by atoms with E-state index in [1.54, 1.807) is 11.3 Å². The van der Waals surface area contributed by atoms with Gasteiger partial charge in [-0.15, -0.1) is 11.3 Å². The number of rotatable bonds is 6. The third kappa shape index (κ3) is 5.60. The minimum Gasteiger partial charge on any atom is -0.354 e. The first-order valence-electron chi connectivity index (χ1n) is 12.3. The molecule has 1 spiro atoms. The van der Waals surface area contributed by atoms with E-state index < -0.39 is 11.6 Å². The van der Waals surface area contributed by atoms with Crippen LogP contribution in [-0.2, 0) is 16.1 Å². The summed E-state index contributed by atoms with van der Waals surface area (Å²) in [7, 11) is 0. The van der Waals surface area contributed by atoms with Gasteiger partial charge in [-0.1, -0.05) is 26.8 Å². The highest BCUT2D eigenvalue weighted by atomic mass is 32.1. The monoisotopic (exact) mass is 474 g/mol. The van der Waals surface area contributed by atoms with E-state index in [2.05, 4.69) is 53.8 Å². The Bertz CT molecular complexity index is 848. The molecule has 0 radical (unpaired) electrons. The number of carbonyl (C=O) groups is 3. The minimum atomic E-state index is -0.811. The number of thiophene rings is 1. The summed E-state index contributed by atoms with van der Waals surface area (Å²) >= 11 is 1.79. The molecule has 1 aliphatic carbocycles. The zero-order chi connectivity index (χ0) is 23.6. The smallest absolute Gasteiger partial charge is 0.325 e. The van der Waals surface area contributed by atoms with E-state index in [1.165, 1.54) is 4.88 Å². The Kier molecular flexibility index (Phi) is 7.15. The van der Waals surface area contributed by atoms with E-state index in [9.17, 15) is 14.4 Å². The van der Waals surface area contributed by atoms with Crippen molar-refractivity contribution in [1.82, 2.24) is 20.4 Å². The second-order valence-electron chi connectivity index (χ2n) is 11.1. The minimum absolute atomic E-state index is 0.188. The number of piperidine rings is 1. The van der Waals surface area contributed by atoms with Gasteiger partial charge in [-0.2, -0.15) is 0 Å². The Morgan fingerprint density at radius 2 is 1.88 bits per heavy atom. The lowest BCUT2D eigenvalue weighted by atomic mass is 9.67. The van der Waals surface area contributed by atoms with Crippen molar-refractivity contribution in [2.75, 3.05) is 26.2 Å². The van der Waals surface area contributed by atoms with Gasteiger partial charge < -0.3 is 10.6 Å². The molecule has 1 saturated carbocycles. The van der Waals surface area contributed by atoms with Crippen LogP contribution in [0.1, 0.15) is 64.2 Å². The first-order chi connectivity index (χ1) is 15.7. The number of amides is 4. The van der Waals surface area contributed by atoms with Crippen molar-refractivity contribution in [2.45, 2.75) is 71.4 Å². The van der Waals surface area contributed by atoms with Crippen LogP contribution in [0, 0.1) is 17.3 Å². The van der Waals surface area contributed by atoms with Crippen LogP contribution < -0.4 is 10.6 Å². The van der Waals surface area contributed by atoms with Gasteiger partial charge in [0.05, 0.1) is 0 Å². The Hall–Kier alpha value is -1.93. The van der Waals surface area contributed by atoms with E-state index >= 15 is 0 Å². The molecule has 2 aliphatic heterocycles. The second-order valence-corrected chi connectivity index (χ2v) is 12.2. The topological polar surface area (TPSA) is 81.8 Å². The summed E-state index contributed by atoms with van der Waals surface area (Å²) in [4.78, 5) is 43.2. The lowest BCUT2D eigenvalue weighted by Gasteiger charge is -2.40. The molecule has 4 amide bonds. The highest BCUT2D eigenvalue weighted by Crippen LogP contribution is 2.43. The molecule has 2 N–H and O–H groups in total. The highest BCUT2D eigenvalue weighted by Gasteiger charge is 2.53. The molecule has 1 aromatic rings. The van der Waals surface area contributed by atoms with E-state index in [-0.39, 0.29) is 23.8 Å². The van der Waals surface area contributed by atoms with Gasteiger partial charge in [0.25, 0.3) is 5.91 Å². The lowest BCUT2D eigenvalue weighted by Crippen LogP contribution is -2.51. The van der Waals surface area contributed by atoms with Gasteiger partial charge in [0.1, 0.15) is 12.1 Å². The molecular formula is C25H38N4O3S. The average molecular weight is 475 g/mol. The predicted octanol–water partition coefficient (Wildman–Crippen LogP) is 3.60. The first kappa shape index (κ1) is 24.2. The van der Waals surface area contributed by atoms with Gasteiger partial charge in [0.2, 0.25) is 5.91 Å². The van der Waals surface area contributed by atoms with Crippen molar-refractivity contribution in [2.24, 2.45) is 17.3 Å². The van der Waals surface area contributed by atoms with Gasteiger partial charge in [0, 0.05) is 18.0 Å². The molecular weight excluding hydrogens is 436 g/mol. The molecule has 0 unspecified atom stereocenters. The van der Waals surface area contributed by atoms with Crippen LogP contribution in [0.2, 0.25) is 0 Å². The van der Waals surface area contributed by atoms with Gasteiger partial charge in [-0.05, 0) is 80.3 Å². The number of imide groups is 1. The molecule has 0 atom stereocenters. The molecule has 3 aliphatic rings.